The van der Waals surface area contributed by atoms with Crippen LogP contribution in [-0.2, 0) is 14.3 Å². The van der Waals surface area contributed by atoms with E-state index in [0.717, 1.165) is 19.0 Å². The molecule has 1 aliphatic carbocycles. The molecule has 1 aliphatic heterocycles. The van der Waals surface area contributed by atoms with Crippen molar-refractivity contribution >= 4 is 40.2 Å². The van der Waals surface area contributed by atoms with Crippen LogP contribution in [0.25, 0.3) is 10.9 Å². The summed E-state index contributed by atoms with van der Waals surface area (Å²) in [5.74, 6) is -3.32. The molecule has 0 spiro atoms. The number of rotatable bonds is 7. The van der Waals surface area contributed by atoms with E-state index < -0.39 is 68.6 Å². The molecule has 200 valence electrons. The number of hydrogen-bond donors (Lipinski definition) is 3. The number of amides is 2. The molecule has 2 aromatic rings. The highest BCUT2D eigenvalue weighted by Gasteiger charge is 2.39. The van der Waals surface area contributed by atoms with Crippen molar-refractivity contribution in [2.45, 2.75) is 58.6 Å². The predicted octanol–water partition coefficient (Wildman–Crippen LogP) is 3.43. The second-order valence-corrected chi connectivity index (χ2v) is 9.84. The highest BCUT2D eigenvalue weighted by atomic mass is 19.1. The molecule has 37 heavy (non-hydrogen) atoms. The molecule has 10 nitrogen and oxygen atoms in total. The average molecular weight is 521 g/mol. The average Bonchev–Trinajstić information content (AvgIpc) is 3.60. The van der Waals surface area contributed by atoms with E-state index in [9.17, 15) is 19.2 Å². The lowest BCUT2D eigenvalue weighted by atomic mass is 10.0. The van der Waals surface area contributed by atoms with Crippen molar-refractivity contribution in [3.05, 3.63) is 33.6 Å². The van der Waals surface area contributed by atoms with Gasteiger partial charge >= 0.3 is 12.1 Å². The highest BCUT2D eigenvalue weighted by molar-refractivity contribution is 6.04. The van der Waals surface area contributed by atoms with Gasteiger partial charge in [-0.2, -0.15) is 0 Å². The summed E-state index contributed by atoms with van der Waals surface area (Å²) in [5.41, 5.74) is -3.71. The summed E-state index contributed by atoms with van der Waals surface area (Å²) >= 11 is 0. The molecule has 1 aromatic carbocycles. The molecular weight excluding hydrogens is 490 g/mol. The fraction of sp³-hybridized carbons (Fsp3) is 0.520. The van der Waals surface area contributed by atoms with Crippen molar-refractivity contribution in [1.29, 1.82) is 0 Å². The maximum atomic E-state index is 16.1. The van der Waals surface area contributed by atoms with E-state index in [1.165, 1.54) is 11.8 Å². The van der Waals surface area contributed by atoms with Crippen LogP contribution in [0.2, 0.25) is 0 Å². The Morgan fingerprint density at radius 3 is 2.59 bits per heavy atom. The molecule has 12 heteroatoms. The molecule has 4 rings (SSSR count). The lowest BCUT2D eigenvalue weighted by Gasteiger charge is -2.27. The monoisotopic (exact) mass is 520 g/mol. The smallest absolute Gasteiger partial charge is 0.412 e. The van der Waals surface area contributed by atoms with Gasteiger partial charge in [-0.15, -0.1) is 0 Å². The summed E-state index contributed by atoms with van der Waals surface area (Å²) < 4.78 is 42.1. The number of fused-ring (bicyclic) bond motifs is 1. The van der Waals surface area contributed by atoms with Gasteiger partial charge in [0.1, 0.15) is 17.4 Å². The Kier molecular flexibility index (Phi) is 7.11. The van der Waals surface area contributed by atoms with E-state index in [-0.39, 0.29) is 31.5 Å². The number of halogens is 2. The Morgan fingerprint density at radius 2 is 1.97 bits per heavy atom. The van der Waals surface area contributed by atoms with Crippen LogP contribution >= 0.6 is 0 Å². The molecule has 2 unspecified atom stereocenters. The summed E-state index contributed by atoms with van der Waals surface area (Å²) in [4.78, 5) is 53.8. The number of carbonyl (C=O) groups excluding carboxylic acids is 3. The van der Waals surface area contributed by atoms with Crippen LogP contribution in [-0.4, -0.2) is 54.3 Å². The largest absolute Gasteiger partial charge is 0.462 e. The van der Waals surface area contributed by atoms with Crippen LogP contribution < -0.4 is 21.0 Å². The van der Waals surface area contributed by atoms with E-state index in [2.05, 4.69) is 15.6 Å². The maximum Gasteiger partial charge on any atom is 0.412 e. The summed E-state index contributed by atoms with van der Waals surface area (Å²) in [7, 11) is 0. The standard InChI is InChI=1S/C25H30F2N4O6/c1-5-36-23(34)15-10-28-19-16(22(15)33)20(29-24(35)37-12(2)14-6-7-14)18(27)21(17(19)26)31-9-8-25(4,11-31)30-13(3)32/h10,12,14H,5-9,11H2,1-4H3,(H,28,33)(H,29,35)(H,30,32). The van der Waals surface area contributed by atoms with Crippen molar-refractivity contribution in [3.8, 4) is 0 Å². The molecular formula is C25H30F2N4O6. The Hall–Kier alpha value is -3.70. The van der Waals surface area contributed by atoms with E-state index in [0.29, 0.717) is 6.42 Å². The molecule has 2 aliphatic rings. The first-order chi connectivity index (χ1) is 17.5. The van der Waals surface area contributed by atoms with Gasteiger partial charge in [0.15, 0.2) is 11.6 Å². The summed E-state index contributed by atoms with van der Waals surface area (Å²) in [6.45, 7) is 6.63. The van der Waals surface area contributed by atoms with Gasteiger partial charge in [-0.05, 0) is 46.0 Å². The Morgan fingerprint density at radius 1 is 1.27 bits per heavy atom. The van der Waals surface area contributed by atoms with Crippen LogP contribution in [0, 0.1) is 17.6 Å². The number of anilines is 2. The Bertz CT molecular complexity index is 1320. The summed E-state index contributed by atoms with van der Waals surface area (Å²) in [5, 5.41) is 4.52. The third-order valence-electron chi connectivity index (χ3n) is 6.76. The third-order valence-corrected chi connectivity index (χ3v) is 6.76. The van der Waals surface area contributed by atoms with Gasteiger partial charge in [-0.1, -0.05) is 0 Å². The second kappa shape index (κ2) is 9.98. The number of H-pyrrole nitrogens is 1. The number of nitrogens with one attached hydrogen (secondary N) is 3. The number of hydrogen-bond acceptors (Lipinski definition) is 7. The van der Waals surface area contributed by atoms with Crippen LogP contribution in [0.1, 0.15) is 57.3 Å². The number of esters is 1. The first-order valence-electron chi connectivity index (χ1n) is 12.2. The van der Waals surface area contributed by atoms with Crippen LogP contribution in [0.5, 0.6) is 0 Å². The van der Waals surface area contributed by atoms with Gasteiger partial charge in [0.05, 0.1) is 28.7 Å². The minimum absolute atomic E-state index is 0.0174. The maximum absolute atomic E-state index is 16.1. The molecule has 3 N–H and O–H groups in total. The van der Waals surface area contributed by atoms with Crippen molar-refractivity contribution in [2.75, 3.05) is 29.9 Å². The lowest BCUT2D eigenvalue weighted by molar-refractivity contribution is -0.120. The number of aromatic amines is 1. The van der Waals surface area contributed by atoms with Crippen LogP contribution in [0.3, 0.4) is 0 Å². The Balaban J connectivity index is 1.83. The van der Waals surface area contributed by atoms with E-state index >= 15 is 8.78 Å². The molecule has 0 bridgehead atoms. The molecule has 2 amide bonds. The van der Waals surface area contributed by atoms with Crippen molar-refractivity contribution in [2.24, 2.45) is 5.92 Å². The van der Waals surface area contributed by atoms with Crippen LogP contribution in [0.15, 0.2) is 11.0 Å². The quantitative estimate of drug-likeness (QED) is 0.477. The molecule has 0 radical (unpaired) electrons. The highest BCUT2D eigenvalue weighted by Crippen LogP contribution is 2.39. The SMILES string of the molecule is CCOC(=O)c1c[nH]c2c(F)c(N3CCC(C)(NC(C)=O)C3)c(F)c(NC(=O)OC(C)C3CC3)c2c1=O. The number of carbonyl (C=O) groups is 3. The first-order valence-corrected chi connectivity index (χ1v) is 12.2. The fourth-order valence-corrected chi connectivity index (χ4v) is 4.78. The Labute approximate surface area is 211 Å². The van der Waals surface area contributed by atoms with Gasteiger partial charge in [-0.25, -0.2) is 18.4 Å². The zero-order valence-electron chi connectivity index (χ0n) is 21.1. The van der Waals surface area contributed by atoms with Gasteiger partial charge in [-0.3, -0.25) is 14.9 Å². The first kappa shape index (κ1) is 26.4. The molecule has 2 atom stereocenters. The molecule has 2 heterocycles. The van der Waals surface area contributed by atoms with Gasteiger partial charge < -0.3 is 24.7 Å². The van der Waals surface area contributed by atoms with Gasteiger partial charge in [0.25, 0.3) is 0 Å². The van der Waals surface area contributed by atoms with Gasteiger partial charge in [0.2, 0.25) is 11.3 Å². The normalized spacial score (nSPS) is 20.0. The van der Waals surface area contributed by atoms with E-state index in [4.69, 9.17) is 9.47 Å². The molecule has 1 saturated heterocycles. The zero-order valence-corrected chi connectivity index (χ0v) is 21.1. The fourth-order valence-electron chi connectivity index (χ4n) is 4.78. The molecule has 1 saturated carbocycles. The number of ether oxygens (including phenoxy) is 2. The second-order valence-electron chi connectivity index (χ2n) is 9.84. The predicted molar refractivity (Wildman–Crippen MR) is 132 cm³/mol. The number of benzene rings is 1. The topological polar surface area (TPSA) is 130 Å². The minimum Gasteiger partial charge on any atom is -0.462 e. The number of nitrogens with zero attached hydrogens (tertiary/aromatic N) is 1. The van der Waals surface area contributed by atoms with Crippen molar-refractivity contribution < 1.29 is 32.6 Å². The summed E-state index contributed by atoms with van der Waals surface area (Å²) in [6.07, 6.45) is 1.76. The van der Waals surface area contributed by atoms with E-state index in [1.807, 2.05) is 0 Å². The van der Waals surface area contributed by atoms with E-state index in [1.54, 1.807) is 20.8 Å². The number of pyridine rings is 1. The van der Waals surface area contributed by atoms with Crippen LogP contribution in [0.4, 0.5) is 25.0 Å². The van der Waals surface area contributed by atoms with Crippen molar-refractivity contribution in [3.63, 3.8) is 0 Å². The minimum atomic E-state index is -1.19. The lowest BCUT2D eigenvalue weighted by Crippen LogP contribution is -2.47. The molecule has 1 aromatic heterocycles. The summed E-state index contributed by atoms with van der Waals surface area (Å²) in [6, 6.07) is 0. The third kappa shape index (κ3) is 5.23. The molecule has 2 fully saturated rings. The zero-order chi connectivity index (χ0) is 27.1. The number of aromatic nitrogens is 1. The van der Waals surface area contributed by atoms with Crippen molar-refractivity contribution in [1.82, 2.24) is 10.3 Å². The van der Waals surface area contributed by atoms with Gasteiger partial charge in [0, 0.05) is 26.2 Å².